The first-order valence-corrected chi connectivity index (χ1v) is 3.37. The third-order valence-corrected chi connectivity index (χ3v) is 2.21. The van der Waals surface area contributed by atoms with E-state index < -0.39 is 0 Å². The van der Waals surface area contributed by atoms with Gasteiger partial charge in [-0.3, -0.25) is 0 Å². The van der Waals surface area contributed by atoms with Gasteiger partial charge in [0.25, 0.3) is 0 Å². The fourth-order valence-electron chi connectivity index (χ4n) is 1.27. The van der Waals surface area contributed by atoms with E-state index in [0.29, 0.717) is 0 Å². The van der Waals surface area contributed by atoms with Crippen molar-refractivity contribution in [3.05, 3.63) is 34.4 Å². The molecule has 0 saturated heterocycles. The molecule has 0 radical (unpaired) electrons. The Bertz CT molecular complexity index is 255. The average molecular weight is 118 g/mol. The SMILES string of the molecule is Cc1ccc2c(c1C)C2. The van der Waals surface area contributed by atoms with Crippen LogP contribution < -0.4 is 0 Å². The van der Waals surface area contributed by atoms with Gasteiger partial charge in [-0.05, 0) is 42.5 Å². The lowest BCUT2D eigenvalue weighted by molar-refractivity contribution is 1.34. The van der Waals surface area contributed by atoms with E-state index in [1.165, 1.54) is 17.5 Å². The van der Waals surface area contributed by atoms with Crippen LogP contribution in [0, 0.1) is 13.8 Å². The van der Waals surface area contributed by atoms with Crippen LogP contribution >= 0.6 is 0 Å². The first-order valence-electron chi connectivity index (χ1n) is 3.37. The van der Waals surface area contributed by atoms with E-state index in [4.69, 9.17) is 0 Å². The van der Waals surface area contributed by atoms with Crippen molar-refractivity contribution >= 4 is 0 Å². The second-order valence-corrected chi connectivity index (χ2v) is 2.82. The third-order valence-electron chi connectivity index (χ3n) is 2.21. The van der Waals surface area contributed by atoms with Crippen LogP contribution in [0.25, 0.3) is 0 Å². The van der Waals surface area contributed by atoms with E-state index >= 15 is 0 Å². The summed E-state index contributed by atoms with van der Waals surface area (Å²) in [4.78, 5) is 0. The lowest BCUT2D eigenvalue weighted by atomic mass is 10.1. The van der Waals surface area contributed by atoms with Gasteiger partial charge in [0.2, 0.25) is 0 Å². The average Bonchev–Trinajstić information content (AvgIpc) is 2.58. The first kappa shape index (κ1) is 5.04. The zero-order valence-electron chi connectivity index (χ0n) is 5.86. The van der Waals surface area contributed by atoms with E-state index in [-0.39, 0.29) is 0 Å². The van der Waals surface area contributed by atoms with Crippen molar-refractivity contribution in [3.63, 3.8) is 0 Å². The first-order chi connectivity index (χ1) is 4.29. The normalized spacial score (nSPS) is 13.1. The molecule has 0 bridgehead atoms. The maximum absolute atomic E-state index is 2.23. The van der Waals surface area contributed by atoms with Crippen LogP contribution in [0.5, 0.6) is 0 Å². The van der Waals surface area contributed by atoms with Crippen molar-refractivity contribution in [1.82, 2.24) is 0 Å². The van der Waals surface area contributed by atoms with Gasteiger partial charge < -0.3 is 0 Å². The minimum Gasteiger partial charge on any atom is -0.0588 e. The molecule has 0 amide bonds. The highest BCUT2D eigenvalue weighted by Gasteiger charge is 2.18. The number of hydrogen-bond acceptors (Lipinski definition) is 0. The molecule has 1 aliphatic rings. The van der Waals surface area contributed by atoms with Gasteiger partial charge in [-0.1, -0.05) is 12.1 Å². The molecule has 1 aromatic carbocycles. The maximum atomic E-state index is 2.23. The third kappa shape index (κ3) is 0.593. The van der Waals surface area contributed by atoms with Crippen LogP contribution in [-0.4, -0.2) is 0 Å². The minimum atomic E-state index is 1.25. The molecule has 0 heteroatoms. The van der Waals surface area contributed by atoms with Gasteiger partial charge >= 0.3 is 0 Å². The van der Waals surface area contributed by atoms with Crippen molar-refractivity contribution < 1.29 is 0 Å². The summed E-state index contributed by atoms with van der Waals surface area (Å²) < 4.78 is 0. The highest BCUT2D eigenvalue weighted by Crippen LogP contribution is 2.32. The Hall–Kier alpha value is -0.780. The predicted molar refractivity (Wildman–Crippen MR) is 38.7 cm³/mol. The standard InChI is InChI=1S/C9H10/c1-6-3-4-8-5-9(8)7(6)2/h3-4H,5H2,1-2H3. The quantitative estimate of drug-likeness (QED) is 0.497. The summed E-state index contributed by atoms with van der Waals surface area (Å²) in [5, 5.41) is 0. The highest BCUT2D eigenvalue weighted by atomic mass is 14.2. The summed E-state index contributed by atoms with van der Waals surface area (Å²) in [6, 6.07) is 4.44. The van der Waals surface area contributed by atoms with Gasteiger partial charge in [0, 0.05) is 0 Å². The molecule has 0 unspecified atom stereocenters. The number of aryl methyl sites for hydroxylation is 1. The molecule has 0 atom stereocenters. The van der Waals surface area contributed by atoms with Crippen molar-refractivity contribution in [2.75, 3.05) is 0 Å². The molecule has 1 aromatic rings. The summed E-state index contributed by atoms with van der Waals surface area (Å²) in [5.74, 6) is 0. The van der Waals surface area contributed by atoms with Crippen molar-refractivity contribution in [3.8, 4) is 0 Å². The van der Waals surface area contributed by atoms with E-state index in [1.54, 1.807) is 11.1 Å². The Balaban J connectivity index is 2.70. The molecule has 0 heterocycles. The van der Waals surface area contributed by atoms with Crippen LogP contribution in [0.4, 0.5) is 0 Å². The molecule has 0 saturated carbocycles. The van der Waals surface area contributed by atoms with E-state index in [1.807, 2.05) is 0 Å². The topological polar surface area (TPSA) is 0 Å². The molecule has 1 aliphatic carbocycles. The molecule has 0 spiro atoms. The highest BCUT2D eigenvalue weighted by molar-refractivity contribution is 5.52. The lowest BCUT2D eigenvalue weighted by Crippen LogP contribution is -1.75. The van der Waals surface area contributed by atoms with Crippen LogP contribution in [-0.2, 0) is 6.42 Å². The fraction of sp³-hybridized carbons (Fsp3) is 0.333. The van der Waals surface area contributed by atoms with Gasteiger partial charge in [-0.15, -0.1) is 0 Å². The number of hydrogen-bond donors (Lipinski definition) is 0. The minimum absolute atomic E-state index is 1.25. The predicted octanol–water partition coefficient (Wildman–Crippen LogP) is 2.21. The van der Waals surface area contributed by atoms with Gasteiger partial charge in [-0.25, -0.2) is 0 Å². The molecule has 0 fully saturated rings. The molecule has 0 N–H and O–H groups in total. The Morgan fingerprint density at radius 3 is 2.67 bits per heavy atom. The van der Waals surface area contributed by atoms with Crippen LogP contribution in [0.1, 0.15) is 22.3 Å². The van der Waals surface area contributed by atoms with Crippen LogP contribution in [0.2, 0.25) is 0 Å². The van der Waals surface area contributed by atoms with Crippen molar-refractivity contribution in [2.45, 2.75) is 20.3 Å². The molecule has 2 rings (SSSR count). The molecular formula is C9H10. The molecule has 0 nitrogen and oxygen atoms in total. The van der Waals surface area contributed by atoms with Crippen molar-refractivity contribution in [1.29, 1.82) is 0 Å². The largest absolute Gasteiger partial charge is 0.0588 e. The second kappa shape index (κ2) is 1.38. The van der Waals surface area contributed by atoms with Gasteiger partial charge in [0.15, 0.2) is 0 Å². The Morgan fingerprint density at radius 1 is 1.22 bits per heavy atom. The zero-order valence-corrected chi connectivity index (χ0v) is 5.86. The molecule has 0 aliphatic heterocycles. The zero-order chi connectivity index (χ0) is 6.43. The van der Waals surface area contributed by atoms with Gasteiger partial charge in [0.1, 0.15) is 0 Å². The molecule has 9 heavy (non-hydrogen) atoms. The Labute approximate surface area is 55.5 Å². The lowest BCUT2D eigenvalue weighted by Gasteiger charge is -1.93. The molecule has 46 valence electrons. The van der Waals surface area contributed by atoms with Crippen LogP contribution in [0.3, 0.4) is 0 Å². The summed E-state index contributed by atoms with van der Waals surface area (Å²) in [5.41, 5.74) is 6.09. The second-order valence-electron chi connectivity index (χ2n) is 2.82. The van der Waals surface area contributed by atoms with E-state index in [0.717, 1.165) is 0 Å². The summed E-state index contributed by atoms with van der Waals surface area (Å²) in [6.07, 6.45) is 1.25. The van der Waals surface area contributed by atoms with Gasteiger partial charge in [0.05, 0.1) is 0 Å². The Kier molecular flexibility index (Phi) is 0.774. The maximum Gasteiger partial charge on any atom is -0.00172 e. The monoisotopic (exact) mass is 118 g/mol. The van der Waals surface area contributed by atoms with Crippen LogP contribution in [0.15, 0.2) is 12.1 Å². The van der Waals surface area contributed by atoms with Gasteiger partial charge in [-0.2, -0.15) is 0 Å². The van der Waals surface area contributed by atoms with E-state index in [9.17, 15) is 0 Å². The number of fused-ring (bicyclic) bond motifs is 1. The number of rotatable bonds is 0. The number of benzene rings is 1. The van der Waals surface area contributed by atoms with Crippen molar-refractivity contribution in [2.24, 2.45) is 0 Å². The smallest absolute Gasteiger partial charge is 0.00172 e. The Morgan fingerprint density at radius 2 is 2.00 bits per heavy atom. The molecule has 0 aromatic heterocycles. The van der Waals surface area contributed by atoms with E-state index in [2.05, 4.69) is 26.0 Å². The summed E-state index contributed by atoms with van der Waals surface area (Å²) in [6.45, 7) is 4.38. The summed E-state index contributed by atoms with van der Waals surface area (Å²) in [7, 11) is 0. The fourth-order valence-corrected chi connectivity index (χ4v) is 1.27. The summed E-state index contributed by atoms with van der Waals surface area (Å²) >= 11 is 0. The molecular weight excluding hydrogens is 108 g/mol.